The minimum Gasteiger partial charge on any atom is -0.303 e. The Morgan fingerprint density at radius 2 is 2.05 bits per heavy atom. The van der Waals surface area contributed by atoms with Crippen LogP contribution in [0.15, 0.2) is 24.8 Å². The van der Waals surface area contributed by atoms with Gasteiger partial charge in [-0.3, -0.25) is 0 Å². The molecule has 0 bridgehead atoms. The standard InChI is InChI=1S/C19H33N/c1-5-9-17(19-12-8-13-20(19)4)18(15(3)6-2)14-16-10-7-11-16/h6,16-19H,2-3,5,7-14H2,1,4H3. The van der Waals surface area contributed by atoms with Crippen LogP contribution in [0.25, 0.3) is 0 Å². The molecule has 1 saturated carbocycles. The lowest BCUT2D eigenvalue weighted by atomic mass is 9.69. The second-order valence-electron chi connectivity index (χ2n) is 7.06. The number of hydrogen-bond acceptors (Lipinski definition) is 1. The van der Waals surface area contributed by atoms with Gasteiger partial charge in [-0.25, -0.2) is 0 Å². The summed E-state index contributed by atoms with van der Waals surface area (Å²) < 4.78 is 0. The van der Waals surface area contributed by atoms with Crippen molar-refractivity contribution in [2.45, 2.75) is 64.3 Å². The molecule has 0 spiro atoms. The van der Waals surface area contributed by atoms with Gasteiger partial charge in [-0.2, -0.15) is 0 Å². The minimum absolute atomic E-state index is 0.670. The summed E-state index contributed by atoms with van der Waals surface area (Å²) in [5.41, 5.74) is 1.30. The summed E-state index contributed by atoms with van der Waals surface area (Å²) in [6, 6.07) is 0.775. The quantitative estimate of drug-likeness (QED) is 0.561. The average molecular weight is 275 g/mol. The zero-order valence-corrected chi connectivity index (χ0v) is 13.6. The lowest BCUT2D eigenvalue weighted by Crippen LogP contribution is -2.38. The van der Waals surface area contributed by atoms with Gasteiger partial charge in [0.2, 0.25) is 0 Å². The molecule has 0 aromatic rings. The van der Waals surface area contributed by atoms with E-state index in [9.17, 15) is 0 Å². The lowest BCUT2D eigenvalue weighted by molar-refractivity contribution is 0.143. The monoisotopic (exact) mass is 275 g/mol. The first-order valence-corrected chi connectivity index (χ1v) is 8.68. The van der Waals surface area contributed by atoms with Crippen LogP contribution in [0.1, 0.15) is 58.3 Å². The van der Waals surface area contributed by atoms with Gasteiger partial charge in [0.25, 0.3) is 0 Å². The molecule has 0 aromatic heterocycles. The van der Waals surface area contributed by atoms with Crippen molar-refractivity contribution in [2.24, 2.45) is 17.8 Å². The van der Waals surface area contributed by atoms with Crippen LogP contribution in [0, 0.1) is 17.8 Å². The Kier molecular flexibility index (Phi) is 5.89. The Morgan fingerprint density at radius 1 is 1.30 bits per heavy atom. The third-order valence-electron chi connectivity index (χ3n) is 5.76. The van der Waals surface area contributed by atoms with Crippen LogP contribution in [0.3, 0.4) is 0 Å². The van der Waals surface area contributed by atoms with E-state index >= 15 is 0 Å². The van der Waals surface area contributed by atoms with Crippen molar-refractivity contribution in [3.8, 4) is 0 Å². The number of allylic oxidation sites excluding steroid dienone is 2. The first-order chi connectivity index (χ1) is 9.67. The van der Waals surface area contributed by atoms with E-state index < -0.39 is 0 Å². The number of likely N-dealkylation sites (tertiary alicyclic amines) is 1. The van der Waals surface area contributed by atoms with E-state index in [-0.39, 0.29) is 0 Å². The van der Waals surface area contributed by atoms with Crippen LogP contribution in [0.5, 0.6) is 0 Å². The van der Waals surface area contributed by atoms with Crippen LogP contribution >= 0.6 is 0 Å². The van der Waals surface area contributed by atoms with E-state index in [2.05, 4.69) is 32.0 Å². The smallest absolute Gasteiger partial charge is 0.0127 e. The summed E-state index contributed by atoms with van der Waals surface area (Å²) in [7, 11) is 2.32. The first-order valence-electron chi connectivity index (χ1n) is 8.68. The third-order valence-corrected chi connectivity index (χ3v) is 5.76. The predicted octanol–water partition coefficient (Wildman–Crippen LogP) is 5.05. The van der Waals surface area contributed by atoms with Gasteiger partial charge in [-0.15, -0.1) is 0 Å². The molecular weight excluding hydrogens is 242 g/mol. The van der Waals surface area contributed by atoms with E-state index in [0.717, 1.165) is 17.9 Å². The summed E-state index contributed by atoms with van der Waals surface area (Å²) >= 11 is 0. The van der Waals surface area contributed by atoms with Crippen LogP contribution in [-0.4, -0.2) is 24.5 Å². The van der Waals surface area contributed by atoms with Crippen molar-refractivity contribution < 1.29 is 0 Å². The molecule has 114 valence electrons. The highest BCUT2D eigenvalue weighted by Crippen LogP contribution is 2.42. The van der Waals surface area contributed by atoms with Crippen molar-refractivity contribution in [3.05, 3.63) is 24.8 Å². The fourth-order valence-electron chi connectivity index (χ4n) is 4.31. The van der Waals surface area contributed by atoms with Crippen molar-refractivity contribution in [1.82, 2.24) is 4.90 Å². The molecule has 1 nitrogen and oxygen atoms in total. The fraction of sp³-hybridized carbons (Fsp3) is 0.789. The van der Waals surface area contributed by atoms with Crippen molar-refractivity contribution in [2.75, 3.05) is 13.6 Å². The number of rotatable bonds is 8. The van der Waals surface area contributed by atoms with Gasteiger partial charge in [0.1, 0.15) is 0 Å². The topological polar surface area (TPSA) is 3.24 Å². The molecule has 2 aliphatic rings. The largest absolute Gasteiger partial charge is 0.303 e. The Morgan fingerprint density at radius 3 is 2.50 bits per heavy atom. The van der Waals surface area contributed by atoms with Crippen LogP contribution in [-0.2, 0) is 0 Å². The molecular formula is C19H33N. The molecule has 0 amide bonds. The second-order valence-corrected chi connectivity index (χ2v) is 7.06. The maximum atomic E-state index is 4.35. The normalized spacial score (nSPS) is 27.0. The van der Waals surface area contributed by atoms with Crippen LogP contribution in [0.2, 0.25) is 0 Å². The maximum absolute atomic E-state index is 4.35. The Hall–Kier alpha value is -0.560. The molecule has 1 heteroatoms. The lowest BCUT2D eigenvalue weighted by Gasteiger charge is -2.39. The molecule has 2 fully saturated rings. The molecule has 0 aromatic carbocycles. The van der Waals surface area contributed by atoms with Crippen molar-refractivity contribution in [1.29, 1.82) is 0 Å². The van der Waals surface area contributed by atoms with E-state index in [1.807, 2.05) is 6.08 Å². The van der Waals surface area contributed by atoms with Crippen LogP contribution < -0.4 is 0 Å². The molecule has 1 aliphatic heterocycles. The second kappa shape index (κ2) is 7.45. The highest BCUT2D eigenvalue weighted by Gasteiger charge is 2.36. The maximum Gasteiger partial charge on any atom is 0.0127 e. The molecule has 1 saturated heterocycles. The SMILES string of the molecule is C=CC(=C)C(CC1CCC1)C(CCC)C1CCCN1C. The van der Waals surface area contributed by atoms with Gasteiger partial charge in [0, 0.05) is 6.04 Å². The molecule has 1 heterocycles. The molecule has 20 heavy (non-hydrogen) atoms. The van der Waals surface area contributed by atoms with Gasteiger partial charge in [0.05, 0.1) is 0 Å². The molecule has 2 rings (SSSR count). The third kappa shape index (κ3) is 3.55. The molecule has 1 aliphatic carbocycles. The molecule has 3 unspecified atom stereocenters. The van der Waals surface area contributed by atoms with Crippen molar-refractivity contribution in [3.63, 3.8) is 0 Å². The van der Waals surface area contributed by atoms with Gasteiger partial charge in [0.15, 0.2) is 0 Å². The summed E-state index contributed by atoms with van der Waals surface area (Å²) in [5.74, 6) is 2.42. The molecule has 0 N–H and O–H groups in total. The van der Waals surface area contributed by atoms with Gasteiger partial charge in [-0.1, -0.05) is 57.4 Å². The van der Waals surface area contributed by atoms with Gasteiger partial charge in [-0.05, 0) is 57.0 Å². The first kappa shape index (κ1) is 15.8. The Bertz CT molecular complexity index is 329. The summed E-state index contributed by atoms with van der Waals surface area (Å²) in [4.78, 5) is 2.60. The zero-order chi connectivity index (χ0) is 14.5. The van der Waals surface area contributed by atoms with Gasteiger partial charge < -0.3 is 4.90 Å². The Balaban J connectivity index is 2.11. The fourth-order valence-corrected chi connectivity index (χ4v) is 4.31. The van der Waals surface area contributed by atoms with E-state index in [1.165, 1.54) is 63.5 Å². The van der Waals surface area contributed by atoms with Gasteiger partial charge >= 0.3 is 0 Å². The zero-order valence-electron chi connectivity index (χ0n) is 13.6. The highest BCUT2D eigenvalue weighted by atomic mass is 15.1. The van der Waals surface area contributed by atoms with E-state index in [1.54, 1.807) is 0 Å². The Labute approximate surface area is 126 Å². The minimum atomic E-state index is 0.670. The predicted molar refractivity (Wildman–Crippen MR) is 88.8 cm³/mol. The molecule has 3 atom stereocenters. The average Bonchev–Trinajstić information content (AvgIpc) is 2.81. The highest BCUT2D eigenvalue weighted by molar-refractivity contribution is 5.17. The number of hydrogen-bond donors (Lipinski definition) is 0. The summed E-state index contributed by atoms with van der Waals surface area (Å²) in [5, 5.41) is 0. The van der Waals surface area contributed by atoms with Crippen LogP contribution in [0.4, 0.5) is 0 Å². The molecule has 0 radical (unpaired) electrons. The van der Waals surface area contributed by atoms with E-state index in [4.69, 9.17) is 0 Å². The summed E-state index contributed by atoms with van der Waals surface area (Å²) in [6.07, 6.45) is 13.1. The number of nitrogens with zero attached hydrogens (tertiary/aromatic N) is 1. The summed E-state index contributed by atoms with van der Waals surface area (Å²) in [6.45, 7) is 12.0. The van der Waals surface area contributed by atoms with E-state index in [0.29, 0.717) is 5.92 Å². The van der Waals surface area contributed by atoms with Crippen molar-refractivity contribution >= 4 is 0 Å².